The Hall–Kier alpha value is -2.14. The lowest BCUT2D eigenvalue weighted by Crippen LogP contribution is -2.38. The van der Waals surface area contributed by atoms with E-state index in [0.29, 0.717) is 6.04 Å². The second kappa shape index (κ2) is 8.70. The second-order valence-electron chi connectivity index (χ2n) is 8.06. The van der Waals surface area contributed by atoms with Gasteiger partial charge in [-0.15, -0.1) is 0 Å². The average molecular weight is 370 g/mol. The average Bonchev–Trinajstić information content (AvgIpc) is 3.10. The highest BCUT2D eigenvalue weighted by Gasteiger charge is 2.27. The van der Waals surface area contributed by atoms with Gasteiger partial charge in [0.1, 0.15) is 5.75 Å². The molecule has 0 aliphatic carbocycles. The minimum Gasteiger partial charge on any atom is -0.491 e. The summed E-state index contributed by atoms with van der Waals surface area (Å²) < 4.78 is 7.73. The topological polar surface area (TPSA) is 47.4 Å². The molecule has 146 valence electrons. The van der Waals surface area contributed by atoms with Crippen molar-refractivity contribution in [3.8, 4) is 5.75 Å². The molecule has 0 unspecified atom stereocenters. The molecule has 0 radical (unpaired) electrons. The first-order valence-electron chi connectivity index (χ1n) is 9.98. The fourth-order valence-electron chi connectivity index (χ4n) is 3.64. The standard InChI is InChI=1S/C22H31N3O2/c1-16(2)25-14-18(12-23-25)13-24-10-6-8-20(15-24)22(26)19-7-5-9-21(11-19)27-17(3)4/h5,7,9,11-12,14,16-17,20H,6,8,10,13,15H2,1-4H3/t20-/m1/s1. The van der Waals surface area contributed by atoms with Crippen molar-refractivity contribution in [1.82, 2.24) is 14.7 Å². The minimum atomic E-state index is 0.0493. The van der Waals surface area contributed by atoms with Crippen LogP contribution in [0.3, 0.4) is 0 Å². The molecular formula is C22H31N3O2. The molecule has 1 saturated heterocycles. The third kappa shape index (κ3) is 5.19. The number of piperidine rings is 1. The number of carbonyl (C=O) groups is 1. The Balaban J connectivity index is 1.64. The molecule has 1 atom stereocenters. The fourth-order valence-corrected chi connectivity index (χ4v) is 3.64. The molecule has 1 aliphatic heterocycles. The van der Waals surface area contributed by atoms with E-state index < -0.39 is 0 Å². The Morgan fingerprint density at radius 2 is 2.11 bits per heavy atom. The molecule has 5 heteroatoms. The van der Waals surface area contributed by atoms with Gasteiger partial charge in [-0.2, -0.15) is 5.10 Å². The van der Waals surface area contributed by atoms with Crippen LogP contribution in [0.2, 0.25) is 0 Å². The molecule has 3 rings (SSSR count). The van der Waals surface area contributed by atoms with E-state index in [9.17, 15) is 4.79 Å². The molecule has 1 aromatic heterocycles. The van der Waals surface area contributed by atoms with Gasteiger partial charge in [0.15, 0.2) is 5.78 Å². The van der Waals surface area contributed by atoms with E-state index in [1.54, 1.807) is 0 Å². The lowest BCUT2D eigenvalue weighted by atomic mass is 9.90. The first-order chi connectivity index (χ1) is 12.9. The maximum Gasteiger partial charge on any atom is 0.167 e. The van der Waals surface area contributed by atoms with E-state index in [0.717, 1.165) is 43.8 Å². The largest absolute Gasteiger partial charge is 0.491 e. The Morgan fingerprint density at radius 1 is 1.30 bits per heavy atom. The maximum absolute atomic E-state index is 13.0. The van der Waals surface area contributed by atoms with Crippen LogP contribution in [0.15, 0.2) is 36.7 Å². The summed E-state index contributed by atoms with van der Waals surface area (Å²) in [6.45, 7) is 10.9. The molecule has 2 heterocycles. The van der Waals surface area contributed by atoms with Gasteiger partial charge in [0.05, 0.1) is 12.3 Å². The van der Waals surface area contributed by atoms with Gasteiger partial charge >= 0.3 is 0 Å². The number of aromatic nitrogens is 2. The Kier molecular flexibility index (Phi) is 6.32. The zero-order chi connectivity index (χ0) is 19.4. The van der Waals surface area contributed by atoms with Crippen molar-refractivity contribution in [2.24, 2.45) is 5.92 Å². The van der Waals surface area contributed by atoms with Crippen LogP contribution in [0.5, 0.6) is 5.75 Å². The van der Waals surface area contributed by atoms with E-state index in [1.165, 1.54) is 5.56 Å². The molecule has 1 aliphatic rings. The molecule has 0 amide bonds. The van der Waals surface area contributed by atoms with Gasteiger partial charge in [-0.25, -0.2) is 0 Å². The Labute approximate surface area is 162 Å². The monoisotopic (exact) mass is 369 g/mol. The lowest BCUT2D eigenvalue weighted by molar-refractivity contribution is 0.0811. The van der Waals surface area contributed by atoms with Gasteiger partial charge in [0.25, 0.3) is 0 Å². The number of nitrogens with zero attached hydrogens (tertiary/aromatic N) is 3. The van der Waals surface area contributed by atoms with Crippen molar-refractivity contribution in [2.45, 2.75) is 59.2 Å². The quantitative estimate of drug-likeness (QED) is 0.681. The summed E-state index contributed by atoms with van der Waals surface area (Å²) in [5.41, 5.74) is 1.97. The van der Waals surface area contributed by atoms with Crippen LogP contribution in [0.1, 0.15) is 62.5 Å². The molecule has 2 aromatic rings. The smallest absolute Gasteiger partial charge is 0.167 e. The molecule has 0 spiro atoms. The molecule has 27 heavy (non-hydrogen) atoms. The Morgan fingerprint density at radius 3 is 2.81 bits per heavy atom. The number of hydrogen-bond acceptors (Lipinski definition) is 4. The SMILES string of the molecule is CC(C)Oc1cccc(C(=O)[C@@H]2CCCN(Cc3cnn(C(C)C)c3)C2)c1. The summed E-state index contributed by atoms with van der Waals surface area (Å²) >= 11 is 0. The van der Waals surface area contributed by atoms with Gasteiger partial charge in [-0.05, 0) is 59.2 Å². The van der Waals surface area contributed by atoms with Crippen LogP contribution in [-0.4, -0.2) is 39.7 Å². The van der Waals surface area contributed by atoms with Crippen molar-refractivity contribution >= 4 is 5.78 Å². The maximum atomic E-state index is 13.0. The van der Waals surface area contributed by atoms with Crippen LogP contribution in [0.25, 0.3) is 0 Å². The number of ether oxygens (including phenoxy) is 1. The predicted molar refractivity (Wildman–Crippen MR) is 107 cm³/mol. The molecule has 0 N–H and O–H groups in total. The fraction of sp³-hybridized carbons (Fsp3) is 0.545. The van der Waals surface area contributed by atoms with Gasteiger partial charge < -0.3 is 4.74 Å². The van der Waals surface area contributed by atoms with Crippen LogP contribution in [-0.2, 0) is 6.54 Å². The third-order valence-electron chi connectivity index (χ3n) is 4.96. The summed E-state index contributed by atoms with van der Waals surface area (Å²) in [6, 6.07) is 7.98. The number of hydrogen-bond donors (Lipinski definition) is 0. The van der Waals surface area contributed by atoms with Crippen LogP contribution >= 0.6 is 0 Å². The third-order valence-corrected chi connectivity index (χ3v) is 4.96. The number of Topliss-reactive ketones (excluding diaryl/α,β-unsaturated/α-hetero) is 1. The van der Waals surface area contributed by atoms with Crippen LogP contribution in [0.4, 0.5) is 0 Å². The molecular weight excluding hydrogens is 338 g/mol. The van der Waals surface area contributed by atoms with Gasteiger partial charge in [-0.1, -0.05) is 12.1 Å². The first-order valence-corrected chi connectivity index (χ1v) is 9.98. The first kappa shape index (κ1) is 19.6. The molecule has 1 fully saturated rings. The minimum absolute atomic E-state index is 0.0493. The summed E-state index contributed by atoms with van der Waals surface area (Å²) in [5.74, 6) is 1.05. The van der Waals surface area contributed by atoms with Gasteiger partial charge in [0, 0.05) is 42.4 Å². The Bertz CT molecular complexity index is 766. The van der Waals surface area contributed by atoms with E-state index in [4.69, 9.17) is 4.74 Å². The number of benzene rings is 1. The van der Waals surface area contributed by atoms with E-state index >= 15 is 0 Å². The van der Waals surface area contributed by atoms with Crippen LogP contribution in [0, 0.1) is 5.92 Å². The summed E-state index contributed by atoms with van der Waals surface area (Å²) in [5, 5.41) is 4.43. The van der Waals surface area contributed by atoms with Crippen molar-refractivity contribution < 1.29 is 9.53 Å². The number of carbonyl (C=O) groups excluding carboxylic acids is 1. The molecule has 0 saturated carbocycles. The van der Waals surface area contributed by atoms with Crippen LogP contribution < -0.4 is 4.74 Å². The second-order valence-corrected chi connectivity index (χ2v) is 8.06. The predicted octanol–water partition coefficient (Wildman–Crippen LogP) is 4.35. The summed E-state index contributed by atoms with van der Waals surface area (Å²) in [6.07, 6.45) is 6.17. The van der Waals surface area contributed by atoms with Gasteiger partial charge in [-0.3, -0.25) is 14.4 Å². The van der Waals surface area contributed by atoms with Crippen molar-refractivity contribution in [2.75, 3.05) is 13.1 Å². The highest BCUT2D eigenvalue weighted by Crippen LogP contribution is 2.24. The van der Waals surface area contributed by atoms with E-state index in [1.807, 2.05) is 49.0 Å². The van der Waals surface area contributed by atoms with E-state index in [-0.39, 0.29) is 17.8 Å². The highest BCUT2D eigenvalue weighted by atomic mass is 16.5. The normalized spacial score (nSPS) is 18.2. The van der Waals surface area contributed by atoms with Gasteiger partial charge in [0.2, 0.25) is 0 Å². The number of rotatable bonds is 7. The highest BCUT2D eigenvalue weighted by molar-refractivity contribution is 5.98. The lowest BCUT2D eigenvalue weighted by Gasteiger charge is -2.31. The summed E-state index contributed by atoms with van der Waals surface area (Å²) in [4.78, 5) is 15.4. The summed E-state index contributed by atoms with van der Waals surface area (Å²) in [7, 11) is 0. The molecule has 0 bridgehead atoms. The molecule has 1 aromatic carbocycles. The molecule has 5 nitrogen and oxygen atoms in total. The van der Waals surface area contributed by atoms with Crippen molar-refractivity contribution in [3.05, 3.63) is 47.8 Å². The van der Waals surface area contributed by atoms with Crippen molar-refractivity contribution in [3.63, 3.8) is 0 Å². The number of likely N-dealkylation sites (tertiary alicyclic amines) is 1. The van der Waals surface area contributed by atoms with E-state index in [2.05, 4.69) is 30.0 Å². The zero-order valence-electron chi connectivity index (χ0n) is 16.9. The number of ketones is 1. The zero-order valence-corrected chi connectivity index (χ0v) is 16.9. The van der Waals surface area contributed by atoms with Crippen molar-refractivity contribution in [1.29, 1.82) is 0 Å².